The van der Waals surface area contributed by atoms with E-state index in [9.17, 15) is 10.1 Å². The first-order valence-corrected chi connectivity index (χ1v) is 10.2. The van der Waals surface area contributed by atoms with Crippen LogP contribution in [0.25, 0.3) is 0 Å². The van der Waals surface area contributed by atoms with Crippen molar-refractivity contribution in [3.05, 3.63) is 39.8 Å². The van der Waals surface area contributed by atoms with Crippen LogP contribution in [0.3, 0.4) is 0 Å². The molecule has 0 saturated carbocycles. The Kier molecular flexibility index (Phi) is 6.55. The maximum Gasteiger partial charge on any atom is 0.280 e. The van der Waals surface area contributed by atoms with Crippen LogP contribution in [-0.4, -0.2) is 33.7 Å². The molecule has 2 N–H and O–H groups in total. The summed E-state index contributed by atoms with van der Waals surface area (Å²) in [5.41, 5.74) is 2.80. The predicted molar refractivity (Wildman–Crippen MR) is 109 cm³/mol. The van der Waals surface area contributed by atoms with E-state index in [1.54, 1.807) is 25.6 Å². The number of thiophene rings is 1. The third-order valence-corrected chi connectivity index (χ3v) is 6.19. The number of benzene rings is 1. The zero-order valence-electron chi connectivity index (χ0n) is 16.6. The first kappa shape index (κ1) is 20.2. The highest BCUT2D eigenvalue weighted by atomic mass is 32.1. The van der Waals surface area contributed by atoms with Crippen molar-refractivity contribution in [2.24, 2.45) is 0 Å². The van der Waals surface area contributed by atoms with Gasteiger partial charge in [0, 0.05) is 16.5 Å². The van der Waals surface area contributed by atoms with Crippen molar-refractivity contribution in [1.29, 1.82) is 5.26 Å². The fourth-order valence-electron chi connectivity index (χ4n) is 3.60. The third kappa shape index (κ3) is 4.46. The molecule has 1 aromatic carbocycles. The van der Waals surface area contributed by atoms with Crippen molar-refractivity contribution in [2.45, 2.75) is 32.2 Å². The fourth-order valence-corrected chi connectivity index (χ4v) is 4.86. The Morgan fingerprint density at radius 1 is 1.29 bits per heavy atom. The Morgan fingerprint density at radius 3 is 2.79 bits per heavy atom. The SMILES string of the molecule is COc1ccc(C[NH+](C)CC(=O)Nc2sc3c(c2C#N)CCCC3)c(OC)c1. The molecule has 1 aromatic heterocycles. The number of hydrogen-bond acceptors (Lipinski definition) is 5. The second-order valence-electron chi connectivity index (χ2n) is 7.06. The van der Waals surface area contributed by atoms with Crippen LogP contribution in [-0.2, 0) is 24.2 Å². The van der Waals surface area contributed by atoms with Gasteiger partial charge >= 0.3 is 0 Å². The maximum absolute atomic E-state index is 12.6. The largest absolute Gasteiger partial charge is 0.497 e. The monoisotopic (exact) mass is 400 g/mol. The molecule has 0 fully saturated rings. The molecule has 3 rings (SSSR count). The highest BCUT2D eigenvalue weighted by Gasteiger charge is 2.23. The quantitative estimate of drug-likeness (QED) is 0.747. The van der Waals surface area contributed by atoms with Gasteiger partial charge in [-0.3, -0.25) is 4.79 Å². The number of nitriles is 1. The van der Waals surface area contributed by atoms with Crippen LogP contribution in [0.15, 0.2) is 18.2 Å². The molecule has 0 bridgehead atoms. The zero-order chi connectivity index (χ0) is 20.1. The van der Waals surface area contributed by atoms with Gasteiger partial charge in [-0.2, -0.15) is 5.26 Å². The molecule has 1 aliphatic carbocycles. The molecule has 7 heteroatoms. The standard InChI is InChI=1S/C21H25N3O3S/c1-24(12-14-8-9-15(26-2)10-18(14)27-3)13-20(25)23-21-17(11-22)16-6-4-5-7-19(16)28-21/h8-10H,4-7,12-13H2,1-3H3,(H,23,25)/p+1. The van der Waals surface area contributed by atoms with Crippen LogP contribution < -0.4 is 19.7 Å². The highest BCUT2D eigenvalue weighted by molar-refractivity contribution is 7.16. The number of quaternary nitrogens is 1. The number of amides is 1. The molecular weight excluding hydrogens is 374 g/mol. The molecule has 148 valence electrons. The van der Waals surface area contributed by atoms with Gasteiger partial charge in [-0.25, -0.2) is 0 Å². The molecule has 6 nitrogen and oxygen atoms in total. The van der Waals surface area contributed by atoms with Gasteiger partial charge in [-0.05, 0) is 43.4 Å². The summed E-state index contributed by atoms with van der Waals surface area (Å²) in [4.78, 5) is 14.8. The average Bonchev–Trinajstić information content (AvgIpc) is 3.04. The number of rotatable bonds is 7. The van der Waals surface area contributed by atoms with Crippen LogP contribution in [0.4, 0.5) is 5.00 Å². The lowest BCUT2D eigenvalue weighted by molar-refractivity contribution is -0.885. The molecular formula is C21H26N3O3S+. The number of fused-ring (bicyclic) bond motifs is 1. The average molecular weight is 401 g/mol. The number of anilines is 1. The second-order valence-corrected chi connectivity index (χ2v) is 8.17. The van der Waals surface area contributed by atoms with Gasteiger partial charge in [-0.1, -0.05) is 0 Å². The van der Waals surface area contributed by atoms with Crippen molar-refractivity contribution < 1.29 is 19.2 Å². The number of ether oxygens (including phenoxy) is 2. The Balaban J connectivity index is 1.64. The van der Waals surface area contributed by atoms with E-state index < -0.39 is 0 Å². The van der Waals surface area contributed by atoms with Crippen molar-refractivity contribution in [3.63, 3.8) is 0 Å². The van der Waals surface area contributed by atoms with E-state index in [0.29, 0.717) is 23.7 Å². The number of nitrogens with zero attached hydrogens (tertiary/aromatic N) is 1. The van der Waals surface area contributed by atoms with Gasteiger partial charge in [0.15, 0.2) is 6.54 Å². The van der Waals surface area contributed by atoms with Crippen molar-refractivity contribution in [1.82, 2.24) is 0 Å². The number of carbonyl (C=O) groups excluding carboxylic acids is 1. The van der Waals surface area contributed by atoms with Gasteiger partial charge in [0.25, 0.3) is 5.91 Å². The van der Waals surface area contributed by atoms with Gasteiger partial charge in [0.05, 0.1) is 26.8 Å². The van der Waals surface area contributed by atoms with E-state index in [1.165, 1.54) is 4.88 Å². The zero-order valence-corrected chi connectivity index (χ0v) is 17.4. The van der Waals surface area contributed by atoms with E-state index in [-0.39, 0.29) is 5.91 Å². The molecule has 2 aromatic rings. The number of methoxy groups -OCH3 is 2. The molecule has 0 spiro atoms. The molecule has 1 aliphatic rings. The molecule has 1 amide bonds. The summed E-state index contributed by atoms with van der Waals surface area (Å²) >= 11 is 1.56. The summed E-state index contributed by atoms with van der Waals surface area (Å²) in [5, 5.41) is 13.2. The summed E-state index contributed by atoms with van der Waals surface area (Å²) in [6.07, 6.45) is 4.21. The molecule has 1 atom stereocenters. The van der Waals surface area contributed by atoms with Crippen LogP contribution in [0.5, 0.6) is 11.5 Å². The topological polar surface area (TPSA) is 75.8 Å². The first-order chi connectivity index (χ1) is 13.5. The van der Waals surface area contributed by atoms with Crippen molar-refractivity contribution in [2.75, 3.05) is 33.1 Å². The van der Waals surface area contributed by atoms with Crippen molar-refractivity contribution >= 4 is 22.2 Å². The Labute approximate surface area is 169 Å². The summed E-state index contributed by atoms with van der Waals surface area (Å²) in [6, 6.07) is 7.98. The van der Waals surface area contributed by atoms with Crippen LogP contribution >= 0.6 is 11.3 Å². The van der Waals surface area contributed by atoms with Crippen LogP contribution in [0, 0.1) is 11.3 Å². The Morgan fingerprint density at radius 2 is 2.07 bits per heavy atom. The number of carbonyl (C=O) groups is 1. The molecule has 1 unspecified atom stereocenters. The number of hydrogen-bond donors (Lipinski definition) is 2. The fraction of sp³-hybridized carbons (Fsp3) is 0.429. The minimum Gasteiger partial charge on any atom is -0.497 e. The molecule has 0 radical (unpaired) electrons. The summed E-state index contributed by atoms with van der Waals surface area (Å²) in [6.45, 7) is 0.954. The third-order valence-electron chi connectivity index (χ3n) is 4.98. The van der Waals surface area contributed by atoms with Gasteiger partial charge in [0.1, 0.15) is 29.1 Å². The van der Waals surface area contributed by atoms with E-state index >= 15 is 0 Å². The molecule has 28 heavy (non-hydrogen) atoms. The Bertz CT molecular complexity index is 901. The van der Waals surface area contributed by atoms with Crippen LogP contribution in [0.2, 0.25) is 0 Å². The summed E-state index contributed by atoms with van der Waals surface area (Å²) in [5.74, 6) is 1.40. The first-order valence-electron chi connectivity index (χ1n) is 9.42. The lowest BCUT2D eigenvalue weighted by atomic mass is 9.96. The maximum atomic E-state index is 12.6. The number of nitrogens with one attached hydrogen (secondary N) is 2. The van der Waals surface area contributed by atoms with E-state index in [4.69, 9.17) is 9.47 Å². The van der Waals surface area contributed by atoms with Gasteiger partial charge < -0.3 is 19.7 Å². The highest BCUT2D eigenvalue weighted by Crippen LogP contribution is 2.37. The second kappa shape index (κ2) is 9.09. The van der Waals surface area contributed by atoms with E-state index in [0.717, 1.165) is 53.2 Å². The molecule has 0 aliphatic heterocycles. The minimum absolute atomic E-state index is 0.0833. The van der Waals surface area contributed by atoms with Crippen LogP contribution in [0.1, 0.15) is 34.4 Å². The number of likely N-dealkylation sites (N-methyl/N-ethyl adjacent to an activating group) is 1. The lowest BCUT2D eigenvalue weighted by Crippen LogP contribution is -3.08. The van der Waals surface area contributed by atoms with Crippen molar-refractivity contribution in [3.8, 4) is 17.6 Å². The number of aryl methyl sites for hydroxylation is 1. The molecule has 0 saturated heterocycles. The van der Waals surface area contributed by atoms with E-state index in [2.05, 4.69) is 11.4 Å². The van der Waals surface area contributed by atoms with Gasteiger partial charge in [-0.15, -0.1) is 11.3 Å². The normalized spacial score (nSPS) is 13.9. The minimum atomic E-state index is -0.0833. The van der Waals surface area contributed by atoms with E-state index in [1.807, 2.05) is 25.2 Å². The summed E-state index contributed by atoms with van der Waals surface area (Å²) < 4.78 is 10.7. The summed E-state index contributed by atoms with van der Waals surface area (Å²) in [7, 11) is 5.21. The smallest absolute Gasteiger partial charge is 0.280 e. The predicted octanol–water partition coefficient (Wildman–Crippen LogP) is 2.17. The lowest BCUT2D eigenvalue weighted by Gasteiger charge is -2.16. The molecule has 1 heterocycles. The van der Waals surface area contributed by atoms with Gasteiger partial charge in [0.2, 0.25) is 0 Å². The Hall–Kier alpha value is -2.56.